The summed E-state index contributed by atoms with van der Waals surface area (Å²) >= 11 is 0. The zero-order chi connectivity index (χ0) is 17.8. The standard InChI is InChI=1S/C20H20N2O3/c1-14(23)22-11-10-15-6-3-4-9-18(15)19(22)13-20(24)21-16-7-5-8-17(12-16)25-2/h3-12,19H,13H2,1-2H3,(H,21,24). The first-order chi connectivity index (χ1) is 12.1. The highest BCUT2D eigenvalue weighted by molar-refractivity contribution is 5.92. The molecule has 0 aromatic heterocycles. The summed E-state index contributed by atoms with van der Waals surface area (Å²) in [5.74, 6) is 0.425. The first kappa shape index (κ1) is 16.8. The number of amides is 2. The smallest absolute Gasteiger partial charge is 0.226 e. The van der Waals surface area contributed by atoms with E-state index in [4.69, 9.17) is 4.74 Å². The summed E-state index contributed by atoms with van der Waals surface area (Å²) in [5.41, 5.74) is 2.67. The van der Waals surface area contributed by atoms with E-state index < -0.39 is 0 Å². The molecule has 0 bridgehead atoms. The first-order valence-electron chi connectivity index (χ1n) is 8.08. The van der Waals surface area contributed by atoms with Gasteiger partial charge in [-0.1, -0.05) is 30.3 Å². The van der Waals surface area contributed by atoms with E-state index >= 15 is 0 Å². The predicted octanol–water partition coefficient (Wildman–Crippen LogP) is 3.60. The molecular weight excluding hydrogens is 316 g/mol. The molecule has 1 aliphatic heterocycles. The van der Waals surface area contributed by atoms with Crippen LogP contribution in [0.5, 0.6) is 5.75 Å². The highest BCUT2D eigenvalue weighted by Gasteiger charge is 2.28. The minimum Gasteiger partial charge on any atom is -0.497 e. The average molecular weight is 336 g/mol. The van der Waals surface area contributed by atoms with Crippen molar-refractivity contribution in [3.8, 4) is 5.75 Å². The second kappa shape index (κ2) is 7.21. The Bertz CT molecular complexity index is 829. The fraction of sp³-hybridized carbons (Fsp3) is 0.200. The Balaban J connectivity index is 1.80. The molecule has 1 aliphatic rings. The quantitative estimate of drug-likeness (QED) is 0.928. The van der Waals surface area contributed by atoms with E-state index in [0.29, 0.717) is 11.4 Å². The zero-order valence-corrected chi connectivity index (χ0v) is 14.2. The number of nitrogens with one attached hydrogen (secondary N) is 1. The van der Waals surface area contributed by atoms with Crippen LogP contribution in [0, 0.1) is 0 Å². The number of nitrogens with zero attached hydrogens (tertiary/aromatic N) is 1. The molecule has 0 radical (unpaired) electrons. The van der Waals surface area contributed by atoms with Gasteiger partial charge in [0.25, 0.3) is 0 Å². The van der Waals surface area contributed by atoms with Gasteiger partial charge in [0, 0.05) is 24.9 Å². The number of methoxy groups -OCH3 is 1. The van der Waals surface area contributed by atoms with Crippen molar-refractivity contribution < 1.29 is 14.3 Å². The Morgan fingerprint density at radius 2 is 1.96 bits per heavy atom. The van der Waals surface area contributed by atoms with E-state index in [1.54, 1.807) is 30.3 Å². The van der Waals surface area contributed by atoms with Gasteiger partial charge in [-0.15, -0.1) is 0 Å². The minimum absolute atomic E-state index is 0.0927. The molecule has 0 saturated carbocycles. The molecule has 128 valence electrons. The monoisotopic (exact) mass is 336 g/mol. The molecule has 2 aromatic rings. The lowest BCUT2D eigenvalue weighted by atomic mass is 9.93. The summed E-state index contributed by atoms with van der Waals surface area (Å²) in [7, 11) is 1.58. The maximum atomic E-state index is 12.5. The molecule has 0 saturated heterocycles. The summed E-state index contributed by atoms with van der Waals surface area (Å²) in [6.45, 7) is 1.51. The third-order valence-electron chi connectivity index (χ3n) is 4.20. The lowest BCUT2D eigenvalue weighted by Gasteiger charge is -2.32. The number of fused-ring (bicyclic) bond motifs is 1. The molecule has 1 unspecified atom stereocenters. The minimum atomic E-state index is -0.315. The number of anilines is 1. The molecule has 5 heteroatoms. The van der Waals surface area contributed by atoms with Gasteiger partial charge in [-0.25, -0.2) is 0 Å². The summed E-state index contributed by atoms with van der Waals surface area (Å²) < 4.78 is 5.17. The van der Waals surface area contributed by atoms with Gasteiger partial charge < -0.3 is 15.0 Å². The van der Waals surface area contributed by atoms with E-state index in [9.17, 15) is 9.59 Å². The van der Waals surface area contributed by atoms with Crippen LogP contribution in [0.1, 0.15) is 30.5 Å². The van der Waals surface area contributed by atoms with Gasteiger partial charge in [0.05, 0.1) is 19.6 Å². The van der Waals surface area contributed by atoms with Crippen molar-refractivity contribution in [1.82, 2.24) is 4.90 Å². The van der Waals surface area contributed by atoms with E-state index in [1.165, 1.54) is 6.92 Å². The largest absolute Gasteiger partial charge is 0.497 e. The number of hydrogen-bond acceptors (Lipinski definition) is 3. The van der Waals surface area contributed by atoms with E-state index in [-0.39, 0.29) is 24.3 Å². The summed E-state index contributed by atoms with van der Waals surface area (Å²) in [6, 6.07) is 14.7. The van der Waals surface area contributed by atoms with Gasteiger partial charge in [0.1, 0.15) is 5.75 Å². The third-order valence-corrected chi connectivity index (χ3v) is 4.20. The Labute approximate surface area is 146 Å². The Kier molecular flexibility index (Phi) is 4.84. The lowest BCUT2D eigenvalue weighted by Crippen LogP contribution is -2.33. The number of hydrogen-bond donors (Lipinski definition) is 1. The van der Waals surface area contributed by atoms with Gasteiger partial charge in [0.15, 0.2) is 0 Å². The molecule has 2 amide bonds. The molecule has 5 nitrogen and oxygen atoms in total. The molecule has 0 aliphatic carbocycles. The zero-order valence-electron chi connectivity index (χ0n) is 14.2. The SMILES string of the molecule is COc1cccc(NC(=O)CC2c3ccccc3C=CN2C(C)=O)c1. The Morgan fingerprint density at radius 3 is 2.72 bits per heavy atom. The van der Waals surface area contributed by atoms with Gasteiger partial charge in [-0.3, -0.25) is 9.59 Å². The second-order valence-electron chi connectivity index (χ2n) is 5.87. The van der Waals surface area contributed by atoms with Crippen LogP contribution in [0.3, 0.4) is 0 Å². The topological polar surface area (TPSA) is 58.6 Å². The van der Waals surface area contributed by atoms with Crippen LogP contribution in [0.15, 0.2) is 54.7 Å². The lowest BCUT2D eigenvalue weighted by molar-refractivity contribution is -0.129. The number of benzene rings is 2. The Morgan fingerprint density at radius 1 is 1.16 bits per heavy atom. The number of ether oxygens (including phenoxy) is 1. The Hall–Kier alpha value is -3.08. The van der Waals surface area contributed by atoms with Crippen LogP contribution >= 0.6 is 0 Å². The highest BCUT2D eigenvalue weighted by atomic mass is 16.5. The van der Waals surface area contributed by atoms with E-state index in [2.05, 4.69) is 5.32 Å². The maximum absolute atomic E-state index is 12.5. The summed E-state index contributed by atoms with van der Waals surface area (Å²) in [5, 5.41) is 2.87. The van der Waals surface area contributed by atoms with Crippen LogP contribution in [0.2, 0.25) is 0 Å². The molecule has 0 fully saturated rings. The van der Waals surface area contributed by atoms with Crippen LogP contribution in [0.4, 0.5) is 5.69 Å². The van der Waals surface area contributed by atoms with Crippen LogP contribution in [-0.4, -0.2) is 23.8 Å². The molecule has 1 atom stereocenters. The molecule has 0 spiro atoms. The summed E-state index contributed by atoms with van der Waals surface area (Å²) in [6.07, 6.45) is 3.82. The van der Waals surface area contributed by atoms with Crippen molar-refractivity contribution in [2.75, 3.05) is 12.4 Å². The van der Waals surface area contributed by atoms with E-state index in [1.807, 2.05) is 42.5 Å². The van der Waals surface area contributed by atoms with Crippen LogP contribution < -0.4 is 10.1 Å². The van der Waals surface area contributed by atoms with Gasteiger partial charge >= 0.3 is 0 Å². The average Bonchev–Trinajstić information content (AvgIpc) is 2.61. The number of carbonyl (C=O) groups excluding carboxylic acids is 2. The van der Waals surface area contributed by atoms with Gasteiger partial charge in [0.2, 0.25) is 11.8 Å². The number of carbonyl (C=O) groups is 2. The molecular formula is C20H20N2O3. The van der Waals surface area contributed by atoms with Crippen molar-refractivity contribution in [1.29, 1.82) is 0 Å². The molecule has 3 rings (SSSR count). The van der Waals surface area contributed by atoms with Crippen molar-refractivity contribution in [3.63, 3.8) is 0 Å². The fourth-order valence-corrected chi connectivity index (χ4v) is 3.00. The third kappa shape index (κ3) is 3.71. The summed E-state index contributed by atoms with van der Waals surface area (Å²) in [4.78, 5) is 26.1. The van der Waals surface area contributed by atoms with Crippen molar-refractivity contribution in [2.24, 2.45) is 0 Å². The van der Waals surface area contributed by atoms with Crippen LogP contribution in [-0.2, 0) is 9.59 Å². The van der Waals surface area contributed by atoms with Gasteiger partial charge in [-0.2, -0.15) is 0 Å². The van der Waals surface area contributed by atoms with Crippen molar-refractivity contribution in [2.45, 2.75) is 19.4 Å². The van der Waals surface area contributed by atoms with Crippen molar-refractivity contribution >= 4 is 23.6 Å². The highest BCUT2D eigenvalue weighted by Crippen LogP contribution is 2.33. The molecule has 1 N–H and O–H groups in total. The molecule has 2 aromatic carbocycles. The van der Waals surface area contributed by atoms with Crippen LogP contribution in [0.25, 0.3) is 6.08 Å². The van der Waals surface area contributed by atoms with Crippen molar-refractivity contribution in [3.05, 3.63) is 65.9 Å². The van der Waals surface area contributed by atoms with E-state index in [0.717, 1.165) is 11.1 Å². The molecule has 25 heavy (non-hydrogen) atoms. The second-order valence-corrected chi connectivity index (χ2v) is 5.87. The normalized spacial score (nSPS) is 15.4. The maximum Gasteiger partial charge on any atom is 0.226 e. The first-order valence-corrected chi connectivity index (χ1v) is 8.08. The number of rotatable bonds is 4. The van der Waals surface area contributed by atoms with Gasteiger partial charge in [-0.05, 0) is 29.3 Å². The predicted molar refractivity (Wildman–Crippen MR) is 97.0 cm³/mol. The fourth-order valence-electron chi connectivity index (χ4n) is 3.00. The molecule has 1 heterocycles.